The number of aromatic amines is 1. The lowest BCUT2D eigenvalue weighted by Gasteiger charge is -2.11. The highest BCUT2D eigenvalue weighted by Crippen LogP contribution is 2.18. The van der Waals surface area contributed by atoms with Gasteiger partial charge in [-0.05, 0) is 37.9 Å². The van der Waals surface area contributed by atoms with Gasteiger partial charge in [0.05, 0.1) is 24.6 Å². The maximum atomic E-state index is 12.6. The van der Waals surface area contributed by atoms with Crippen LogP contribution in [0, 0.1) is 0 Å². The molecule has 3 rings (SSSR count). The summed E-state index contributed by atoms with van der Waals surface area (Å²) >= 11 is 0. The summed E-state index contributed by atoms with van der Waals surface area (Å²) in [6.07, 6.45) is 4.35. The van der Waals surface area contributed by atoms with Crippen molar-refractivity contribution in [1.82, 2.24) is 20.1 Å². The Morgan fingerprint density at radius 2 is 1.86 bits per heavy atom. The lowest BCUT2D eigenvalue weighted by atomic mass is 10.2. The zero-order valence-corrected chi connectivity index (χ0v) is 16.4. The molecule has 9 heteroatoms. The van der Waals surface area contributed by atoms with Crippen LogP contribution in [0.3, 0.4) is 0 Å². The van der Waals surface area contributed by atoms with E-state index in [0.29, 0.717) is 17.0 Å². The maximum absolute atomic E-state index is 12.6. The van der Waals surface area contributed by atoms with Gasteiger partial charge in [0, 0.05) is 24.6 Å². The predicted molar refractivity (Wildman–Crippen MR) is 109 cm³/mol. The molecule has 0 unspecified atom stereocenters. The minimum atomic E-state index is -0.439. The number of ether oxygens (including phenoxy) is 1. The summed E-state index contributed by atoms with van der Waals surface area (Å²) in [5, 5.41) is 12.0. The van der Waals surface area contributed by atoms with Crippen LogP contribution in [0.4, 0.5) is 11.4 Å². The van der Waals surface area contributed by atoms with E-state index >= 15 is 0 Å². The first-order valence-corrected chi connectivity index (χ1v) is 8.85. The molecule has 0 aliphatic heterocycles. The van der Waals surface area contributed by atoms with Crippen molar-refractivity contribution in [2.75, 3.05) is 31.8 Å². The van der Waals surface area contributed by atoms with Crippen LogP contribution in [0.1, 0.15) is 26.4 Å². The number of hydrogen-bond donors (Lipinski definition) is 3. The van der Waals surface area contributed by atoms with Crippen molar-refractivity contribution in [2.45, 2.75) is 6.54 Å². The number of carbonyl (C=O) groups excluding carboxylic acids is 2. The topological polar surface area (TPSA) is 112 Å². The smallest absolute Gasteiger partial charge is 0.278 e. The van der Waals surface area contributed by atoms with Gasteiger partial charge in [-0.15, -0.1) is 0 Å². The Labute approximate surface area is 168 Å². The first-order valence-electron chi connectivity index (χ1n) is 8.85. The number of benzene rings is 1. The molecule has 3 N–H and O–H groups in total. The standard InChI is InChI=1S/C20H22N6O3/c1-26(2)12-13-4-6-15(7-5-13)23-20(28)18-17(11-22-25-18)24-19(27)14-8-16(29-3)10-21-9-14/h4-11H,12H2,1-3H3,(H,22,25)(H,23,28)(H,24,27). The number of nitrogens with zero attached hydrogens (tertiary/aromatic N) is 3. The van der Waals surface area contributed by atoms with Gasteiger partial charge in [-0.2, -0.15) is 5.10 Å². The van der Waals surface area contributed by atoms with Crippen molar-refractivity contribution in [1.29, 1.82) is 0 Å². The number of hydrogen-bond acceptors (Lipinski definition) is 6. The van der Waals surface area contributed by atoms with Gasteiger partial charge < -0.3 is 20.3 Å². The summed E-state index contributed by atoms with van der Waals surface area (Å²) in [5.41, 5.74) is 2.40. The Kier molecular flexibility index (Phi) is 6.20. The van der Waals surface area contributed by atoms with Crippen LogP contribution in [0.2, 0.25) is 0 Å². The molecule has 0 radical (unpaired) electrons. The Morgan fingerprint density at radius 3 is 2.55 bits per heavy atom. The molecule has 0 fully saturated rings. The van der Waals surface area contributed by atoms with E-state index in [1.54, 1.807) is 6.07 Å². The highest BCUT2D eigenvalue weighted by Gasteiger charge is 2.18. The average Bonchev–Trinajstić information content (AvgIpc) is 3.17. The maximum Gasteiger partial charge on any atom is 0.278 e. The van der Waals surface area contributed by atoms with Crippen LogP contribution in [0.25, 0.3) is 0 Å². The van der Waals surface area contributed by atoms with Gasteiger partial charge in [-0.1, -0.05) is 12.1 Å². The molecule has 1 aromatic carbocycles. The summed E-state index contributed by atoms with van der Waals surface area (Å²) in [5.74, 6) is -0.411. The zero-order valence-electron chi connectivity index (χ0n) is 16.4. The molecule has 0 atom stereocenters. The van der Waals surface area contributed by atoms with Gasteiger partial charge in [0.2, 0.25) is 0 Å². The lowest BCUT2D eigenvalue weighted by Crippen LogP contribution is -2.18. The van der Waals surface area contributed by atoms with E-state index in [2.05, 4.69) is 30.7 Å². The third kappa shape index (κ3) is 5.17. The minimum absolute atomic E-state index is 0.0755. The third-order valence-corrected chi connectivity index (χ3v) is 4.03. The first-order chi connectivity index (χ1) is 14.0. The molecule has 2 aromatic heterocycles. The molecular weight excluding hydrogens is 372 g/mol. The fraction of sp³-hybridized carbons (Fsp3) is 0.200. The highest BCUT2D eigenvalue weighted by molar-refractivity contribution is 6.11. The van der Waals surface area contributed by atoms with Crippen LogP contribution < -0.4 is 15.4 Å². The van der Waals surface area contributed by atoms with Gasteiger partial charge in [0.25, 0.3) is 11.8 Å². The van der Waals surface area contributed by atoms with E-state index in [0.717, 1.165) is 12.1 Å². The predicted octanol–water partition coefficient (Wildman–Crippen LogP) is 2.38. The minimum Gasteiger partial charge on any atom is -0.495 e. The van der Waals surface area contributed by atoms with Crippen molar-refractivity contribution < 1.29 is 14.3 Å². The number of anilines is 2. The van der Waals surface area contributed by atoms with Gasteiger partial charge in [0.1, 0.15) is 5.75 Å². The third-order valence-electron chi connectivity index (χ3n) is 4.03. The van der Waals surface area contributed by atoms with Crippen LogP contribution in [-0.4, -0.2) is 53.1 Å². The molecule has 2 amide bonds. The number of nitrogens with one attached hydrogen (secondary N) is 3. The molecule has 0 saturated carbocycles. The number of rotatable bonds is 7. The van der Waals surface area contributed by atoms with Crippen molar-refractivity contribution in [3.63, 3.8) is 0 Å². The number of pyridine rings is 1. The molecule has 0 bridgehead atoms. The molecule has 0 saturated heterocycles. The molecule has 0 aliphatic rings. The second kappa shape index (κ2) is 8.98. The number of H-pyrrole nitrogens is 1. The Bertz CT molecular complexity index is 997. The summed E-state index contributed by atoms with van der Waals surface area (Å²) in [7, 11) is 5.47. The summed E-state index contributed by atoms with van der Waals surface area (Å²) < 4.78 is 5.07. The number of aromatic nitrogens is 3. The van der Waals surface area contributed by atoms with Crippen molar-refractivity contribution in [2.24, 2.45) is 0 Å². The van der Waals surface area contributed by atoms with E-state index in [1.807, 2.05) is 38.4 Å². The summed E-state index contributed by atoms with van der Waals surface area (Å²) in [4.78, 5) is 31.1. The quantitative estimate of drug-likeness (QED) is 0.567. The molecule has 3 aromatic rings. The molecule has 2 heterocycles. The van der Waals surface area contributed by atoms with Crippen LogP contribution in [0.5, 0.6) is 5.75 Å². The number of methoxy groups -OCH3 is 1. The lowest BCUT2D eigenvalue weighted by molar-refractivity contribution is 0.102. The Balaban J connectivity index is 1.68. The second-order valence-corrected chi connectivity index (χ2v) is 6.60. The Hall–Kier alpha value is -3.72. The fourth-order valence-electron chi connectivity index (χ4n) is 2.66. The molecule has 150 valence electrons. The monoisotopic (exact) mass is 394 g/mol. The van der Waals surface area contributed by atoms with E-state index in [1.165, 1.54) is 25.7 Å². The van der Waals surface area contributed by atoms with Crippen LogP contribution in [-0.2, 0) is 6.54 Å². The number of amides is 2. The normalized spacial score (nSPS) is 10.6. The van der Waals surface area contributed by atoms with E-state index in [-0.39, 0.29) is 11.4 Å². The largest absolute Gasteiger partial charge is 0.495 e. The van der Waals surface area contributed by atoms with Crippen molar-refractivity contribution in [3.05, 3.63) is 65.7 Å². The molecule has 0 aliphatic carbocycles. The van der Waals surface area contributed by atoms with Gasteiger partial charge in [-0.25, -0.2) is 0 Å². The highest BCUT2D eigenvalue weighted by atomic mass is 16.5. The van der Waals surface area contributed by atoms with E-state index < -0.39 is 11.8 Å². The van der Waals surface area contributed by atoms with Crippen LogP contribution in [0.15, 0.2) is 48.9 Å². The van der Waals surface area contributed by atoms with Gasteiger partial charge in [-0.3, -0.25) is 19.7 Å². The van der Waals surface area contributed by atoms with Gasteiger partial charge >= 0.3 is 0 Å². The van der Waals surface area contributed by atoms with Gasteiger partial charge in [0.15, 0.2) is 5.69 Å². The van der Waals surface area contributed by atoms with E-state index in [4.69, 9.17) is 4.74 Å². The summed E-state index contributed by atoms with van der Waals surface area (Å²) in [6.45, 7) is 0.808. The van der Waals surface area contributed by atoms with Crippen LogP contribution >= 0.6 is 0 Å². The first kappa shape index (κ1) is 20.0. The van der Waals surface area contributed by atoms with E-state index in [9.17, 15) is 9.59 Å². The fourth-order valence-corrected chi connectivity index (χ4v) is 2.66. The van der Waals surface area contributed by atoms with Crippen molar-refractivity contribution >= 4 is 23.2 Å². The SMILES string of the molecule is COc1cncc(C(=O)Nc2c[nH]nc2C(=O)Nc2ccc(CN(C)C)cc2)c1. The summed E-state index contributed by atoms with van der Waals surface area (Å²) in [6, 6.07) is 9.09. The molecule has 9 nitrogen and oxygen atoms in total. The Morgan fingerprint density at radius 1 is 1.10 bits per heavy atom. The average molecular weight is 394 g/mol. The number of carbonyl (C=O) groups is 2. The molecular formula is C20H22N6O3. The van der Waals surface area contributed by atoms with Crippen molar-refractivity contribution in [3.8, 4) is 5.75 Å². The molecule has 29 heavy (non-hydrogen) atoms. The molecule has 0 spiro atoms. The second-order valence-electron chi connectivity index (χ2n) is 6.60. The zero-order chi connectivity index (χ0) is 20.8.